The van der Waals surface area contributed by atoms with Crippen LogP contribution in [-0.4, -0.2) is 23.7 Å². The van der Waals surface area contributed by atoms with Crippen LogP contribution in [0.5, 0.6) is 0 Å². The molecule has 0 aliphatic heterocycles. The fourth-order valence-electron chi connectivity index (χ4n) is 1.74. The van der Waals surface area contributed by atoms with Gasteiger partial charge in [0.1, 0.15) is 0 Å². The van der Waals surface area contributed by atoms with Crippen LogP contribution in [0.25, 0.3) is 0 Å². The van der Waals surface area contributed by atoms with Crippen molar-refractivity contribution >= 4 is 5.97 Å². The zero-order valence-electron chi connectivity index (χ0n) is 11.2. The van der Waals surface area contributed by atoms with Gasteiger partial charge >= 0.3 is 5.97 Å². The summed E-state index contributed by atoms with van der Waals surface area (Å²) in [5, 5.41) is 12.5. The minimum absolute atomic E-state index is 0.555. The number of carboxylic acids is 1. The second-order valence-corrected chi connectivity index (χ2v) is 5.17. The molecule has 96 valence electrons. The molecule has 0 bridgehead atoms. The molecule has 0 aromatic heterocycles. The third kappa shape index (κ3) is 6.11. The molecule has 0 aliphatic carbocycles. The van der Waals surface area contributed by atoms with Crippen molar-refractivity contribution < 1.29 is 9.90 Å². The summed E-state index contributed by atoms with van der Waals surface area (Å²) >= 11 is 0. The van der Waals surface area contributed by atoms with E-state index < -0.39 is 11.4 Å². The fraction of sp³-hybridized carbons (Fsp3) is 0.923. The molecule has 16 heavy (non-hydrogen) atoms. The third-order valence-corrected chi connectivity index (χ3v) is 3.04. The maximum Gasteiger partial charge on any atom is 0.309 e. The second-order valence-electron chi connectivity index (χ2n) is 5.17. The van der Waals surface area contributed by atoms with Gasteiger partial charge in [-0.2, -0.15) is 0 Å². The molecule has 0 aromatic rings. The fourth-order valence-corrected chi connectivity index (χ4v) is 1.74. The van der Waals surface area contributed by atoms with Gasteiger partial charge in [0.2, 0.25) is 0 Å². The average molecular weight is 229 g/mol. The summed E-state index contributed by atoms with van der Waals surface area (Å²) in [6, 6.07) is 0.555. The smallest absolute Gasteiger partial charge is 0.309 e. The number of carboxylic acid groups (broad SMARTS) is 1. The van der Waals surface area contributed by atoms with Crippen molar-refractivity contribution in [1.29, 1.82) is 0 Å². The lowest BCUT2D eigenvalue weighted by atomic mass is 9.89. The van der Waals surface area contributed by atoms with Crippen molar-refractivity contribution in [2.24, 2.45) is 5.41 Å². The first-order valence-electron chi connectivity index (χ1n) is 6.40. The van der Waals surface area contributed by atoms with E-state index in [0.717, 1.165) is 6.54 Å². The SMILES string of the molecule is CCCC(CCC)NCCC(C)(C)C(=O)O. The Labute approximate surface area is 99.6 Å². The Kier molecular flexibility index (Phi) is 7.39. The highest BCUT2D eigenvalue weighted by Gasteiger charge is 2.26. The molecule has 0 saturated heterocycles. The van der Waals surface area contributed by atoms with E-state index in [1.54, 1.807) is 13.8 Å². The average Bonchev–Trinajstić information content (AvgIpc) is 2.17. The molecule has 0 aromatic carbocycles. The van der Waals surface area contributed by atoms with Crippen molar-refractivity contribution in [3.63, 3.8) is 0 Å². The van der Waals surface area contributed by atoms with E-state index in [4.69, 9.17) is 5.11 Å². The lowest BCUT2D eigenvalue weighted by molar-refractivity contribution is -0.147. The topological polar surface area (TPSA) is 49.3 Å². The number of nitrogens with one attached hydrogen (secondary N) is 1. The minimum atomic E-state index is -0.711. The molecule has 0 radical (unpaired) electrons. The van der Waals surface area contributed by atoms with E-state index in [-0.39, 0.29) is 0 Å². The van der Waals surface area contributed by atoms with Crippen LogP contribution < -0.4 is 5.32 Å². The van der Waals surface area contributed by atoms with Gasteiger partial charge in [-0.3, -0.25) is 4.79 Å². The van der Waals surface area contributed by atoms with Gasteiger partial charge < -0.3 is 10.4 Å². The second kappa shape index (κ2) is 7.66. The summed E-state index contributed by atoms with van der Waals surface area (Å²) < 4.78 is 0. The van der Waals surface area contributed by atoms with Gasteiger partial charge in [-0.1, -0.05) is 26.7 Å². The van der Waals surface area contributed by atoms with E-state index in [0.29, 0.717) is 12.5 Å². The van der Waals surface area contributed by atoms with Gasteiger partial charge in [-0.25, -0.2) is 0 Å². The number of hydrogen-bond acceptors (Lipinski definition) is 2. The van der Waals surface area contributed by atoms with Crippen molar-refractivity contribution in [2.45, 2.75) is 65.8 Å². The maximum absolute atomic E-state index is 10.9. The Hall–Kier alpha value is -0.570. The third-order valence-electron chi connectivity index (χ3n) is 3.04. The quantitative estimate of drug-likeness (QED) is 0.639. The zero-order valence-corrected chi connectivity index (χ0v) is 11.2. The maximum atomic E-state index is 10.9. The summed E-state index contributed by atoms with van der Waals surface area (Å²) in [5.74, 6) is -0.711. The van der Waals surface area contributed by atoms with Gasteiger partial charge in [0, 0.05) is 6.04 Å². The predicted molar refractivity (Wildman–Crippen MR) is 67.6 cm³/mol. The van der Waals surface area contributed by atoms with Gasteiger partial charge in [0.05, 0.1) is 5.41 Å². The lowest BCUT2D eigenvalue weighted by Gasteiger charge is -2.22. The van der Waals surface area contributed by atoms with Crippen molar-refractivity contribution in [2.75, 3.05) is 6.54 Å². The van der Waals surface area contributed by atoms with E-state index >= 15 is 0 Å². The Morgan fingerprint density at radius 1 is 1.25 bits per heavy atom. The molecule has 3 heteroatoms. The molecule has 0 atom stereocenters. The van der Waals surface area contributed by atoms with Crippen LogP contribution in [0.4, 0.5) is 0 Å². The minimum Gasteiger partial charge on any atom is -0.481 e. The molecule has 0 rings (SSSR count). The highest BCUT2D eigenvalue weighted by Crippen LogP contribution is 2.19. The van der Waals surface area contributed by atoms with Crippen molar-refractivity contribution in [3.8, 4) is 0 Å². The van der Waals surface area contributed by atoms with Crippen LogP contribution in [0.1, 0.15) is 59.8 Å². The standard InChI is InChI=1S/C13H27NO2/c1-5-7-11(8-6-2)14-10-9-13(3,4)12(15)16/h11,14H,5-10H2,1-4H3,(H,15,16). The Morgan fingerprint density at radius 2 is 1.75 bits per heavy atom. The zero-order chi connectivity index (χ0) is 12.6. The molecule has 2 N–H and O–H groups in total. The lowest BCUT2D eigenvalue weighted by Crippen LogP contribution is -2.34. The number of carbonyl (C=O) groups is 1. The molecular weight excluding hydrogens is 202 g/mol. The van der Waals surface area contributed by atoms with Crippen LogP contribution in [0, 0.1) is 5.41 Å². The highest BCUT2D eigenvalue weighted by molar-refractivity contribution is 5.73. The monoisotopic (exact) mass is 229 g/mol. The first-order valence-corrected chi connectivity index (χ1v) is 6.40. The van der Waals surface area contributed by atoms with Crippen LogP contribution in [0.3, 0.4) is 0 Å². The Morgan fingerprint density at radius 3 is 2.12 bits per heavy atom. The van der Waals surface area contributed by atoms with Crippen LogP contribution >= 0.6 is 0 Å². The molecule has 0 aliphatic rings. The number of rotatable bonds is 9. The normalized spacial score (nSPS) is 12.1. The van der Waals surface area contributed by atoms with Crippen LogP contribution in [0.15, 0.2) is 0 Å². The van der Waals surface area contributed by atoms with E-state index in [1.807, 2.05) is 0 Å². The van der Waals surface area contributed by atoms with Gasteiger partial charge in [0.25, 0.3) is 0 Å². The highest BCUT2D eigenvalue weighted by atomic mass is 16.4. The van der Waals surface area contributed by atoms with Crippen molar-refractivity contribution in [1.82, 2.24) is 5.32 Å². The van der Waals surface area contributed by atoms with Crippen LogP contribution in [0.2, 0.25) is 0 Å². The van der Waals surface area contributed by atoms with Crippen molar-refractivity contribution in [3.05, 3.63) is 0 Å². The van der Waals surface area contributed by atoms with E-state index in [2.05, 4.69) is 19.2 Å². The number of aliphatic carboxylic acids is 1. The first-order chi connectivity index (χ1) is 7.44. The molecule has 0 saturated carbocycles. The summed E-state index contributed by atoms with van der Waals surface area (Å²) in [4.78, 5) is 10.9. The summed E-state index contributed by atoms with van der Waals surface area (Å²) in [6.07, 6.45) is 5.41. The van der Waals surface area contributed by atoms with Gasteiger partial charge in [0.15, 0.2) is 0 Å². The summed E-state index contributed by atoms with van der Waals surface area (Å²) in [7, 11) is 0. The Balaban J connectivity index is 3.88. The molecule has 0 heterocycles. The Bertz CT molecular complexity index is 196. The van der Waals surface area contributed by atoms with Crippen LogP contribution in [-0.2, 0) is 4.79 Å². The predicted octanol–water partition coefficient (Wildman–Crippen LogP) is 3.05. The van der Waals surface area contributed by atoms with Gasteiger partial charge in [-0.05, 0) is 39.7 Å². The largest absolute Gasteiger partial charge is 0.481 e. The molecule has 3 nitrogen and oxygen atoms in total. The summed E-state index contributed by atoms with van der Waals surface area (Å²) in [6.45, 7) is 8.73. The molecular formula is C13H27NO2. The van der Waals surface area contributed by atoms with Gasteiger partial charge in [-0.15, -0.1) is 0 Å². The van der Waals surface area contributed by atoms with E-state index in [9.17, 15) is 4.79 Å². The molecule has 0 amide bonds. The van der Waals surface area contributed by atoms with E-state index in [1.165, 1.54) is 25.7 Å². The summed E-state index contributed by atoms with van der Waals surface area (Å²) in [5.41, 5.74) is -0.615. The molecule has 0 unspecified atom stereocenters. The number of hydrogen-bond donors (Lipinski definition) is 2. The first kappa shape index (κ1) is 15.4. The molecule has 0 spiro atoms. The molecule has 0 fully saturated rings.